The van der Waals surface area contributed by atoms with E-state index in [1.165, 1.54) is 16.7 Å². The third-order valence-electron chi connectivity index (χ3n) is 4.45. The first-order chi connectivity index (χ1) is 12.3. The van der Waals surface area contributed by atoms with Crippen LogP contribution in [-0.4, -0.2) is 33.0 Å². The Morgan fingerprint density at radius 2 is 1.88 bits per heavy atom. The molecule has 1 aliphatic heterocycles. The molecule has 0 saturated carbocycles. The maximum absolute atomic E-state index is 5.92. The quantitative estimate of drug-likeness (QED) is 0.719. The monoisotopic (exact) mass is 334 g/mol. The summed E-state index contributed by atoms with van der Waals surface area (Å²) in [6, 6.07) is 18.9. The first kappa shape index (κ1) is 16.0. The Kier molecular flexibility index (Phi) is 4.59. The van der Waals surface area contributed by atoms with Crippen LogP contribution in [0, 0.1) is 6.92 Å². The number of aryl methyl sites for hydroxylation is 1. The molecule has 5 heteroatoms. The van der Waals surface area contributed by atoms with Gasteiger partial charge in [-0.2, -0.15) is 0 Å². The van der Waals surface area contributed by atoms with E-state index in [4.69, 9.17) is 4.74 Å². The van der Waals surface area contributed by atoms with Crippen LogP contribution in [0.2, 0.25) is 0 Å². The molecule has 25 heavy (non-hydrogen) atoms. The van der Waals surface area contributed by atoms with Gasteiger partial charge in [0, 0.05) is 13.1 Å². The molecule has 0 amide bonds. The summed E-state index contributed by atoms with van der Waals surface area (Å²) in [4.78, 5) is 2.30. The van der Waals surface area contributed by atoms with Crippen LogP contribution in [0.4, 0.5) is 0 Å². The fourth-order valence-corrected chi connectivity index (χ4v) is 3.26. The van der Waals surface area contributed by atoms with Crippen molar-refractivity contribution in [1.29, 1.82) is 0 Å². The van der Waals surface area contributed by atoms with Gasteiger partial charge in [0.15, 0.2) is 6.23 Å². The van der Waals surface area contributed by atoms with Crippen molar-refractivity contribution in [3.8, 4) is 0 Å². The summed E-state index contributed by atoms with van der Waals surface area (Å²) in [7, 11) is 0. The molecule has 4 rings (SSSR count). The average molecular weight is 334 g/mol. The summed E-state index contributed by atoms with van der Waals surface area (Å²) < 4.78 is 7.80. The summed E-state index contributed by atoms with van der Waals surface area (Å²) in [6.45, 7) is 5.31. The van der Waals surface area contributed by atoms with Gasteiger partial charge in [0.2, 0.25) is 0 Å². The molecule has 1 aliphatic rings. The lowest BCUT2D eigenvalue weighted by Crippen LogP contribution is -2.23. The van der Waals surface area contributed by atoms with Crippen molar-refractivity contribution in [2.24, 2.45) is 0 Å². The van der Waals surface area contributed by atoms with Crippen LogP contribution >= 0.6 is 0 Å². The smallest absolute Gasteiger partial charge is 0.157 e. The molecule has 0 spiro atoms. The van der Waals surface area contributed by atoms with E-state index >= 15 is 0 Å². The molecule has 0 radical (unpaired) electrons. The number of aromatic nitrogens is 3. The molecule has 1 atom stereocenters. The van der Waals surface area contributed by atoms with Crippen molar-refractivity contribution in [3.63, 3.8) is 0 Å². The fraction of sp³-hybridized carbons (Fsp3) is 0.300. The summed E-state index contributed by atoms with van der Waals surface area (Å²) in [5.41, 5.74) is 4.64. The predicted octanol–water partition coefficient (Wildman–Crippen LogP) is 3.17. The van der Waals surface area contributed by atoms with E-state index < -0.39 is 0 Å². The van der Waals surface area contributed by atoms with Crippen LogP contribution in [0.15, 0.2) is 60.8 Å². The zero-order chi connectivity index (χ0) is 17.1. The summed E-state index contributed by atoms with van der Waals surface area (Å²) >= 11 is 0. The van der Waals surface area contributed by atoms with Crippen molar-refractivity contribution in [1.82, 2.24) is 19.9 Å². The lowest BCUT2D eigenvalue weighted by Gasteiger charge is -2.20. The number of nitrogens with zero attached hydrogens (tertiary/aromatic N) is 4. The van der Waals surface area contributed by atoms with Crippen LogP contribution in [0.3, 0.4) is 0 Å². The highest BCUT2D eigenvalue weighted by Gasteiger charge is 2.29. The minimum atomic E-state index is -0.119. The molecule has 0 aliphatic carbocycles. The highest BCUT2D eigenvalue weighted by atomic mass is 16.5. The molecule has 2 aromatic carbocycles. The Morgan fingerprint density at radius 3 is 2.72 bits per heavy atom. The van der Waals surface area contributed by atoms with E-state index in [-0.39, 0.29) is 6.23 Å². The Balaban J connectivity index is 1.47. The van der Waals surface area contributed by atoms with E-state index in [1.54, 1.807) is 0 Å². The number of hydrogen-bond acceptors (Lipinski definition) is 4. The lowest BCUT2D eigenvalue weighted by molar-refractivity contribution is 0.0252. The van der Waals surface area contributed by atoms with Gasteiger partial charge in [0.25, 0.3) is 0 Å². The third-order valence-corrected chi connectivity index (χ3v) is 4.45. The molecule has 3 aromatic rings. The van der Waals surface area contributed by atoms with E-state index in [9.17, 15) is 0 Å². The van der Waals surface area contributed by atoms with Gasteiger partial charge in [-0.1, -0.05) is 65.4 Å². The first-order valence-electron chi connectivity index (χ1n) is 8.63. The minimum Gasteiger partial charge on any atom is -0.356 e. The number of hydrogen-bond donors (Lipinski definition) is 0. The molecular formula is C20H22N4O. The Bertz CT molecular complexity index is 830. The van der Waals surface area contributed by atoms with Gasteiger partial charge < -0.3 is 4.74 Å². The van der Waals surface area contributed by atoms with Crippen molar-refractivity contribution in [2.45, 2.75) is 26.2 Å². The zero-order valence-corrected chi connectivity index (χ0v) is 14.4. The standard InChI is InChI=1S/C20H22N4O/c1-16-6-5-9-18(12-16)14-24-15-19(21-22-24)20-23(10-11-25-20)13-17-7-3-2-4-8-17/h2-9,12,15,20H,10-11,13-14H2,1H3/t20-/m1/s1. The number of rotatable bonds is 5. The second kappa shape index (κ2) is 7.17. The maximum Gasteiger partial charge on any atom is 0.157 e. The van der Waals surface area contributed by atoms with Crippen LogP contribution in [0.25, 0.3) is 0 Å². The number of ether oxygens (including phenoxy) is 1. The Labute approximate surface area is 147 Å². The summed E-state index contributed by atoms with van der Waals surface area (Å²) in [6.07, 6.45) is 1.88. The SMILES string of the molecule is Cc1cccc(Cn2cc([C@H]3OCCN3Cc3ccccc3)nn2)c1. The molecule has 0 N–H and O–H groups in total. The van der Waals surface area contributed by atoms with Crippen molar-refractivity contribution in [3.05, 3.63) is 83.2 Å². The largest absolute Gasteiger partial charge is 0.356 e. The third kappa shape index (κ3) is 3.78. The van der Waals surface area contributed by atoms with Crippen LogP contribution in [0.1, 0.15) is 28.6 Å². The van der Waals surface area contributed by atoms with Crippen LogP contribution < -0.4 is 0 Å². The minimum absolute atomic E-state index is 0.119. The van der Waals surface area contributed by atoms with Gasteiger partial charge in [0.05, 0.1) is 19.3 Å². The number of benzene rings is 2. The van der Waals surface area contributed by atoms with Crippen molar-refractivity contribution in [2.75, 3.05) is 13.2 Å². The second-order valence-corrected chi connectivity index (χ2v) is 6.51. The molecule has 0 bridgehead atoms. The molecule has 128 valence electrons. The fourth-order valence-electron chi connectivity index (χ4n) is 3.26. The Morgan fingerprint density at radius 1 is 1.04 bits per heavy atom. The normalized spacial score (nSPS) is 17.9. The summed E-state index contributed by atoms with van der Waals surface area (Å²) in [5.74, 6) is 0. The maximum atomic E-state index is 5.92. The van der Waals surface area contributed by atoms with E-state index in [0.29, 0.717) is 0 Å². The van der Waals surface area contributed by atoms with Crippen molar-refractivity contribution < 1.29 is 4.74 Å². The first-order valence-corrected chi connectivity index (χ1v) is 8.63. The second-order valence-electron chi connectivity index (χ2n) is 6.51. The van der Waals surface area contributed by atoms with Crippen molar-refractivity contribution >= 4 is 0 Å². The van der Waals surface area contributed by atoms with Gasteiger partial charge >= 0.3 is 0 Å². The van der Waals surface area contributed by atoms with Crippen LogP contribution in [0.5, 0.6) is 0 Å². The highest BCUT2D eigenvalue weighted by molar-refractivity contribution is 5.22. The van der Waals surface area contributed by atoms with Gasteiger partial charge in [-0.25, -0.2) is 4.68 Å². The molecule has 0 unspecified atom stereocenters. The zero-order valence-electron chi connectivity index (χ0n) is 14.4. The van der Waals surface area contributed by atoms with E-state index in [2.05, 4.69) is 70.7 Å². The van der Waals surface area contributed by atoms with Gasteiger partial charge in [0.1, 0.15) is 5.69 Å². The molecule has 1 saturated heterocycles. The van der Waals surface area contributed by atoms with Gasteiger partial charge in [-0.15, -0.1) is 5.10 Å². The van der Waals surface area contributed by atoms with E-state index in [1.807, 2.05) is 16.9 Å². The molecule has 2 heterocycles. The average Bonchev–Trinajstić information content (AvgIpc) is 3.25. The molecule has 5 nitrogen and oxygen atoms in total. The highest BCUT2D eigenvalue weighted by Crippen LogP contribution is 2.27. The molecule has 1 aromatic heterocycles. The van der Waals surface area contributed by atoms with Gasteiger partial charge in [-0.3, -0.25) is 4.90 Å². The Hall–Kier alpha value is -2.50. The summed E-state index contributed by atoms with van der Waals surface area (Å²) in [5, 5.41) is 8.64. The predicted molar refractivity (Wildman–Crippen MR) is 95.8 cm³/mol. The molecule has 1 fully saturated rings. The topological polar surface area (TPSA) is 43.2 Å². The van der Waals surface area contributed by atoms with Gasteiger partial charge in [-0.05, 0) is 18.1 Å². The van der Waals surface area contributed by atoms with E-state index in [0.717, 1.165) is 31.9 Å². The molecular weight excluding hydrogens is 312 g/mol. The lowest BCUT2D eigenvalue weighted by atomic mass is 10.1. The van der Waals surface area contributed by atoms with Crippen LogP contribution in [-0.2, 0) is 17.8 Å².